The van der Waals surface area contributed by atoms with Gasteiger partial charge in [0.15, 0.2) is 0 Å². The molecule has 2 heterocycles. The fraction of sp³-hybridized carbons (Fsp3) is 0.560. The highest BCUT2D eigenvalue weighted by atomic mass is 32.2. The fourth-order valence-corrected chi connectivity index (χ4v) is 5.56. The van der Waals surface area contributed by atoms with Gasteiger partial charge in [0.1, 0.15) is 12.4 Å². The molecule has 10 nitrogen and oxygen atoms in total. The van der Waals surface area contributed by atoms with Gasteiger partial charge < -0.3 is 15.2 Å². The molecule has 2 unspecified atom stereocenters. The van der Waals surface area contributed by atoms with Gasteiger partial charge in [0.05, 0.1) is 24.0 Å². The summed E-state index contributed by atoms with van der Waals surface area (Å²) in [5, 5.41) is 12.3. The van der Waals surface area contributed by atoms with E-state index in [9.17, 15) is 13.2 Å². The van der Waals surface area contributed by atoms with E-state index in [4.69, 9.17) is 25.7 Å². The summed E-state index contributed by atoms with van der Waals surface area (Å²) in [4.78, 5) is 13.5. The van der Waals surface area contributed by atoms with Gasteiger partial charge >= 0.3 is 0 Å². The number of hydrogen-bond donors (Lipinski definition) is 2. The van der Waals surface area contributed by atoms with Crippen molar-refractivity contribution < 1.29 is 22.7 Å². The van der Waals surface area contributed by atoms with Crippen LogP contribution in [-0.2, 0) is 21.4 Å². The highest BCUT2D eigenvalue weighted by molar-refractivity contribution is 7.88. The second-order valence-electron chi connectivity index (χ2n) is 10.2. The summed E-state index contributed by atoms with van der Waals surface area (Å²) >= 11 is 0. The Bertz CT molecular complexity index is 1220. The van der Waals surface area contributed by atoms with Crippen LogP contribution in [0.4, 0.5) is 0 Å². The Morgan fingerprint density at radius 1 is 1.28 bits per heavy atom. The van der Waals surface area contributed by atoms with Gasteiger partial charge in [-0.15, -0.1) is 0 Å². The van der Waals surface area contributed by atoms with Crippen LogP contribution in [0.3, 0.4) is 0 Å². The number of sulfonamides is 1. The first kappa shape index (κ1) is 27.8. The van der Waals surface area contributed by atoms with Gasteiger partial charge in [-0.3, -0.25) is 10.2 Å². The van der Waals surface area contributed by atoms with Crippen molar-refractivity contribution in [3.05, 3.63) is 46.6 Å². The van der Waals surface area contributed by atoms with Gasteiger partial charge in [-0.1, -0.05) is 31.2 Å². The van der Waals surface area contributed by atoms with Crippen LogP contribution in [0.15, 0.2) is 24.3 Å². The first-order chi connectivity index (χ1) is 16.8. The van der Waals surface area contributed by atoms with E-state index in [0.29, 0.717) is 31.0 Å². The minimum Gasteiger partial charge on any atom is -0.472 e. The molecule has 1 aromatic heterocycles. The molecule has 1 fully saturated rings. The van der Waals surface area contributed by atoms with Crippen LogP contribution < -0.4 is 10.5 Å². The molecule has 0 bridgehead atoms. The molecule has 1 aliphatic rings. The Morgan fingerprint density at radius 2 is 1.92 bits per heavy atom. The molecule has 36 heavy (non-hydrogen) atoms. The zero-order chi connectivity index (χ0) is 26.8. The summed E-state index contributed by atoms with van der Waals surface area (Å²) in [6, 6.07) is 7.15. The van der Waals surface area contributed by atoms with Crippen molar-refractivity contribution >= 4 is 21.8 Å². The lowest BCUT2D eigenvalue weighted by atomic mass is 9.84. The monoisotopic (exact) mass is 519 g/mol. The number of nitrogens with one attached hydrogen (secondary N) is 1. The third-order valence-corrected chi connectivity index (χ3v) is 7.98. The summed E-state index contributed by atoms with van der Waals surface area (Å²) in [6.45, 7) is 8.71. The molecule has 2 aromatic rings. The highest BCUT2D eigenvalue weighted by Gasteiger charge is 2.38. The lowest BCUT2D eigenvalue weighted by Gasteiger charge is -2.35. The third kappa shape index (κ3) is 5.96. The summed E-state index contributed by atoms with van der Waals surface area (Å²) < 4.78 is 38.4. The molecule has 0 amide bonds. The number of nitrogens with two attached hydrogens (primary N) is 1. The van der Waals surface area contributed by atoms with Crippen LogP contribution in [0.25, 0.3) is 0 Å². The molecule has 1 aromatic carbocycles. The zero-order valence-electron chi connectivity index (χ0n) is 21.9. The molecular formula is C25H37N5O5S. The van der Waals surface area contributed by atoms with Crippen molar-refractivity contribution in [2.24, 2.45) is 17.1 Å². The number of nitrogen functional groups attached to an aromatic ring is 1. The Morgan fingerprint density at radius 3 is 2.44 bits per heavy atom. The normalized spacial score (nSPS) is 19.3. The maximum Gasteiger partial charge on any atom is 0.258 e. The van der Waals surface area contributed by atoms with Crippen LogP contribution in [0.5, 0.6) is 5.88 Å². The summed E-state index contributed by atoms with van der Waals surface area (Å²) in [5.74, 6) is 0.113. The Kier molecular flexibility index (Phi) is 8.27. The fourth-order valence-electron chi connectivity index (χ4n) is 4.61. The van der Waals surface area contributed by atoms with Gasteiger partial charge in [-0.2, -0.15) is 9.78 Å². The maximum atomic E-state index is 13.5. The first-order valence-electron chi connectivity index (χ1n) is 11.9. The van der Waals surface area contributed by atoms with E-state index in [1.54, 1.807) is 33.1 Å². The average Bonchev–Trinajstić information content (AvgIpc) is 3.12. The summed E-state index contributed by atoms with van der Waals surface area (Å²) in [7, 11) is -1.72. The molecule has 2 atom stereocenters. The molecule has 0 saturated carbocycles. The number of carbonyl (C=O) groups excluding carboxylic acids is 1. The second kappa shape index (κ2) is 10.7. The SMILES string of the molecule is COCC(C)(C)C(=O)n1nc(C2CCN(S(C)(=O)=O)CC2C)c(C)c1OCc1ccc(C(=N)N)cc1. The van der Waals surface area contributed by atoms with Crippen LogP contribution in [0.1, 0.15) is 60.3 Å². The highest BCUT2D eigenvalue weighted by Crippen LogP contribution is 2.38. The van der Waals surface area contributed by atoms with E-state index in [1.165, 1.54) is 15.2 Å². The lowest BCUT2D eigenvalue weighted by molar-refractivity contribution is 0.0509. The number of nitrogens with zero attached hydrogens (tertiary/aromatic N) is 3. The number of rotatable bonds is 9. The number of carbonyl (C=O) groups is 1. The van der Waals surface area contributed by atoms with E-state index in [0.717, 1.165) is 16.8 Å². The number of piperidine rings is 1. The van der Waals surface area contributed by atoms with Crippen molar-refractivity contribution in [2.75, 3.05) is 33.1 Å². The van der Waals surface area contributed by atoms with E-state index >= 15 is 0 Å². The van der Waals surface area contributed by atoms with E-state index in [2.05, 4.69) is 0 Å². The Labute approximate surface area is 213 Å². The van der Waals surface area contributed by atoms with Crippen LogP contribution in [-0.4, -0.2) is 67.3 Å². The Balaban J connectivity index is 1.95. The van der Waals surface area contributed by atoms with E-state index < -0.39 is 15.4 Å². The maximum absolute atomic E-state index is 13.5. The van der Waals surface area contributed by atoms with Crippen LogP contribution in [0, 0.1) is 23.7 Å². The van der Waals surface area contributed by atoms with Gasteiger partial charge in [-0.05, 0) is 38.7 Å². The van der Waals surface area contributed by atoms with Gasteiger partial charge in [-0.25, -0.2) is 12.7 Å². The van der Waals surface area contributed by atoms with Crippen LogP contribution in [0.2, 0.25) is 0 Å². The Hall–Kier alpha value is -2.76. The minimum atomic E-state index is -3.27. The second-order valence-corrected chi connectivity index (χ2v) is 12.2. The molecule has 11 heteroatoms. The van der Waals surface area contributed by atoms with Crippen molar-refractivity contribution in [3.63, 3.8) is 0 Å². The van der Waals surface area contributed by atoms with Crippen molar-refractivity contribution in [1.29, 1.82) is 5.41 Å². The number of ether oxygens (including phenoxy) is 2. The molecule has 1 saturated heterocycles. The minimum absolute atomic E-state index is 0.0111. The van der Waals surface area contributed by atoms with Crippen molar-refractivity contribution in [1.82, 2.24) is 14.1 Å². The van der Waals surface area contributed by atoms with Crippen molar-refractivity contribution in [2.45, 2.75) is 46.6 Å². The number of methoxy groups -OCH3 is 1. The molecule has 0 spiro atoms. The molecule has 198 valence electrons. The molecule has 0 aliphatic carbocycles. The van der Waals surface area contributed by atoms with Gasteiger partial charge in [0.25, 0.3) is 5.91 Å². The first-order valence-corrected chi connectivity index (χ1v) is 13.8. The quantitative estimate of drug-likeness (QED) is 0.383. The molecule has 1 aliphatic heterocycles. The zero-order valence-corrected chi connectivity index (χ0v) is 22.7. The van der Waals surface area contributed by atoms with Crippen LogP contribution >= 0.6 is 0 Å². The lowest BCUT2D eigenvalue weighted by Crippen LogP contribution is -2.41. The van der Waals surface area contributed by atoms with E-state index in [-0.39, 0.29) is 36.8 Å². The average molecular weight is 520 g/mol. The van der Waals surface area contributed by atoms with Gasteiger partial charge in [0.2, 0.25) is 15.9 Å². The largest absolute Gasteiger partial charge is 0.472 e. The third-order valence-electron chi connectivity index (χ3n) is 6.71. The number of amidine groups is 1. The van der Waals surface area contributed by atoms with E-state index in [1.807, 2.05) is 26.0 Å². The predicted molar refractivity (Wildman–Crippen MR) is 138 cm³/mol. The molecule has 3 rings (SSSR count). The topological polar surface area (TPSA) is 141 Å². The van der Waals surface area contributed by atoms with Gasteiger partial charge in [0, 0.05) is 37.2 Å². The standard InChI is InChI=1S/C25H37N5O5S/c1-16-13-29(36(6,32)33)12-11-20(16)21-17(2)23(30(28-21)24(31)25(3,4)15-34-5)35-14-18-7-9-19(10-8-18)22(26)27/h7-10,16,20H,11-15H2,1-6H3,(H3,26,27). The predicted octanol–water partition coefficient (Wildman–Crippen LogP) is 2.75. The summed E-state index contributed by atoms with van der Waals surface area (Å²) in [5.41, 5.74) is 7.69. The molecule has 0 radical (unpaired) electrons. The number of aromatic nitrogens is 2. The molecule has 3 N–H and O–H groups in total. The number of benzene rings is 1. The van der Waals surface area contributed by atoms with Crippen molar-refractivity contribution in [3.8, 4) is 5.88 Å². The smallest absolute Gasteiger partial charge is 0.258 e. The molecular weight excluding hydrogens is 482 g/mol. The summed E-state index contributed by atoms with van der Waals surface area (Å²) in [6.07, 6.45) is 1.83. The number of hydrogen-bond acceptors (Lipinski definition) is 7.